The fourth-order valence-electron chi connectivity index (χ4n) is 0.132. The molecule has 4 heteroatoms. The van der Waals surface area contributed by atoms with E-state index in [1.807, 2.05) is 0 Å². The maximum atomic E-state index is 10.2. The summed E-state index contributed by atoms with van der Waals surface area (Å²) in [6, 6.07) is 0. The van der Waals surface area contributed by atoms with Gasteiger partial charge in [0.2, 0.25) is 0 Å². The van der Waals surface area contributed by atoms with Gasteiger partial charge >= 0.3 is 0 Å². The van der Waals surface area contributed by atoms with Crippen LogP contribution in [0.4, 0.5) is 0 Å². The van der Waals surface area contributed by atoms with Crippen molar-refractivity contribution in [2.75, 3.05) is 0 Å². The summed E-state index contributed by atoms with van der Waals surface area (Å²) in [4.78, 5) is 14.2. The molecule has 0 aliphatic heterocycles. The monoisotopic (exact) mass is 120 g/mol. The first kappa shape index (κ1) is 7.55. The Hall–Kier alpha value is -0.450. The molecule has 0 radical (unpaired) electrons. The Morgan fingerprint density at radius 2 is 2.25 bits per heavy atom. The smallest absolute Gasteiger partial charge is 0.161 e. The maximum absolute atomic E-state index is 10.2. The second-order valence-electron chi connectivity index (χ2n) is 1.42. The molecule has 0 aliphatic carbocycles. The van der Waals surface area contributed by atoms with Crippen LogP contribution in [0.1, 0.15) is 13.8 Å². The largest absolute Gasteiger partial charge is 0.297 e. The molecule has 0 bridgehead atoms. The van der Waals surface area contributed by atoms with Crippen LogP contribution in [0, 0.1) is 0 Å². The summed E-state index contributed by atoms with van der Waals surface area (Å²) in [5.74, 6) is -0.195. The van der Waals surface area contributed by atoms with Crippen LogP contribution in [-0.2, 0) is 14.7 Å². The van der Waals surface area contributed by atoms with Crippen LogP contribution in [0.2, 0.25) is 0 Å². The SMILES string of the molecule is CC(=O)C(C)OOO. The fourth-order valence-corrected chi connectivity index (χ4v) is 0.132. The van der Waals surface area contributed by atoms with E-state index in [2.05, 4.69) is 9.93 Å². The zero-order valence-corrected chi connectivity index (χ0v) is 4.75. The van der Waals surface area contributed by atoms with E-state index in [1.165, 1.54) is 13.8 Å². The van der Waals surface area contributed by atoms with Gasteiger partial charge in [0.05, 0.1) is 0 Å². The van der Waals surface area contributed by atoms with Gasteiger partial charge in [-0.2, -0.15) is 4.89 Å². The van der Waals surface area contributed by atoms with Crippen molar-refractivity contribution in [2.45, 2.75) is 20.0 Å². The molecule has 0 saturated heterocycles. The van der Waals surface area contributed by atoms with Crippen LogP contribution >= 0.6 is 0 Å². The molecule has 0 rings (SSSR count). The zero-order valence-electron chi connectivity index (χ0n) is 4.75. The number of ketones is 1. The number of carbonyl (C=O) groups excluding carboxylic acids is 1. The van der Waals surface area contributed by atoms with Gasteiger partial charge in [0.1, 0.15) is 0 Å². The van der Waals surface area contributed by atoms with Crippen molar-refractivity contribution in [1.82, 2.24) is 0 Å². The minimum Gasteiger partial charge on any atom is -0.297 e. The second kappa shape index (κ2) is 3.54. The van der Waals surface area contributed by atoms with Gasteiger partial charge in [-0.05, 0) is 13.8 Å². The molecule has 0 spiro atoms. The van der Waals surface area contributed by atoms with Gasteiger partial charge < -0.3 is 0 Å². The van der Waals surface area contributed by atoms with Crippen molar-refractivity contribution >= 4 is 5.78 Å². The van der Waals surface area contributed by atoms with Crippen molar-refractivity contribution in [1.29, 1.82) is 0 Å². The van der Waals surface area contributed by atoms with Crippen molar-refractivity contribution in [3.05, 3.63) is 0 Å². The van der Waals surface area contributed by atoms with Gasteiger partial charge in [-0.1, -0.05) is 5.04 Å². The summed E-state index contributed by atoms with van der Waals surface area (Å²) in [5, 5.41) is 10.9. The zero-order chi connectivity index (χ0) is 6.57. The normalized spacial score (nSPS) is 13.4. The number of rotatable bonds is 3. The molecule has 0 aromatic heterocycles. The van der Waals surface area contributed by atoms with Crippen LogP contribution in [0.3, 0.4) is 0 Å². The summed E-state index contributed by atoms with van der Waals surface area (Å²) in [6.07, 6.45) is -0.694. The summed E-state index contributed by atoms with van der Waals surface area (Å²) in [6.45, 7) is 2.81. The standard InChI is InChI=1S/C4H8O4/c1-3(5)4(2)7-8-6/h4,6H,1-2H3. The highest BCUT2D eigenvalue weighted by Crippen LogP contribution is 1.89. The third kappa shape index (κ3) is 2.68. The molecule has 8 heavy (non-hydrogen) atoms. The van der Waals surface area contributed by atoms with E-state index >= 15 is 0 Å². The Morgan fingerprint density at radius 1 is 1.75 bits per heavy atom. The Balaban J connectivity index is 3.32. The van der Waals surface area contributed by atoms with Crippen molar-refractivity contribution in [2.24, 2.45) is 0 Å². The Morgan fingerprint density at radius 3 is 2.38 bits per heavy atom. The van der Waals surface area contributed by atoms with E-state index in [4.69, 9.17) is 5.26 Å². The van der Waals surface area contributed by atoms with Gasteiger partial charge in [0.15, 0.2) is 11.9 Å². The van der Waals surface area contributed by atoms with E-state index < -0.39 is 6.10 Å². The van der Waals surface area contributed by atoms with E-state index in [-0.39, 0.29) is 5.78 Å². The molecule has 0 amide bonds. The number of hydrogen-bond acceptors (Lipinski definition) is 4. The molecule has 0 heterocycles. The summed E-state index contributed by atoms with van der Waals surface area (Å²) < 4.78 is 0. The highest BCUT2D eigenvalue weighted by atomic mass is 17.5. The predicted molar refractivity (Wildman–Crippen MR) is 24.9 cm³/mol. The topological polar surface area (TPSA) is 55.8 Å². The van der Waals surface area contributed by atoms with E-state index in [0.717, 1.165) is 0 Å². The summed E-state index contributed by atoms with van der Waals surface area (Å²) in [5.41, 5.74) is 0. The van der Waals surface area contributed by atoms with Gasteiger partial charge in [0.25, 0.3) is 0 Å². The predicted octanol–water partition coefficient (Wildman–Crippen LogP) is 0.385. The van der Waals surface area contributed by atoms with Crippen molar-refractivity contribution in [3.8, 4) is 0 Å². The first-order valence-electron chi connectivity index (χ1n) is 2.16. The van der Waals surface area contributed by atoms with Gasteiger partial charge in [-0.25, -0.2) is 5.26 Å². The molecule has 1 unspecified atom stereocenters. The summed E-state index contributed by atoms with van der Waals surface area (Å²) in [7, 11) is 0. The fraction of sp³-hybridized carbons (Fsp3) is 0.750. The van der Waals surface area contributed by atoms with Crippen LogP contribution in [0.25, 0.3) is 0 Å². The molecule has 0 fully saturated rings. The lowest BCUT2D eigenvalue weighted by molar-refractivity contribution is -0.498. The highest BCUT2D eigenvalue weighted by molar-refractivity contribution is 5.79. The number of hydrogen-bond donors (Lipinski definition) is 1. The minimum absolute atomic E-state index is 0.195. The second-order valence-corrected chi connectivity index (χ2v) is 1.42. The average molecular weight is 120 g/mol. The Kier molecular flexibility index (Phi) is 3.34. The van der Waals surface area contributed by atoms with Crippen molar-refractivity contribution in [3.63, 3.8) is 0 Å². The van der Waals surface area contributed by atoms with Crippen LogP contribution in [0.5, 0.6) is 0 Å². The lowest BCUT2D eigenvalue weighted by Gasteiger charge is -2.00. The lowest BCUT2D eigenvalue weighted by atomic mass is 10.3. The molecular weight excluding hydrogens is 112 g/mol. The first-order chi connectivity index (χ1) is 3.68. The molecule has 0 aliphatic rings. The first-order valence-corrected chi connectivity index (χ1v) is 2.16. The third-order valence-corrected chi connectivity index (χ3v) is 0.760. The van der Waals surface area contributed by atoms with E-state index in [0.29, 0.717) is 0 Å². The van der Waals surface area contributed by atoms with Crippen molar-refractivity contribution < 1.29 is 20.0 Å². The van der Waals surface area contributed by atoms with Gasteiger partial charge in [0, 0.05) is 0 Å². The van der Waals surface area contributed by atoms with Gasteiger partial charge in [-0.15, -0.1) is 0 Å². The minimum atomic E-state index is -0.694. The van der Waals surface area contributed by atoms with Crippen LogP contribution < -0.4 is 0 Å². The van der Waals surface area contributed by atoms with Crippen LogP contribution in [0.15, 0.2) is 0 Å². The molecule has 1 N–H and O–H groups in total. The van der Waals surface area contributed by atoms with Gasteiger partial charge in [-0.3, -0.25) is 4.79 Å². The lowest BCUT2D eigenvalue weighted by Crippen LogP contribution is -2.16. The van der Waals surface area contributed by atoms with Crippen LogP contribution in [-0.4, -0.2) is 17.1 Å². The molecule has 4 nitrogen and oxygen atoms in total. The maximum Gasteiger partial charge on any atom is 0.161 e. The Labute approximate surface area is 46.9 Å². The average Bonchev–Trinajstić information content (AvgIpc) is 1.67. The number of carbonyl (C=O) groups is 1. The Bertz CT molecular complexity index is 80.1. The van der Waals surface area contributed by atoms with E-state index in [1.54, 1.807) is 0 Å². The summed E-state index contributed by atoms with van der Waals surface area (Å²) >= 11 is 0. The third-order valence-electron chi connectivity index (χ3n) is 0.760. The van der Waals surface area contributed by atoms with E-state index in [9.17, 15) is 4.79 Å². The molecular formula is C4H8O4. The molecule has 0 saturated carbocycles. The molecule has 48 valence electrons. The highest BCUT2D eigenvalue weighted by Gasteiger charge is 2.06. The molecule has 0 aromatic carbocycles. The molecule has 0 aromatic rings. The number of Topliss-reactive ketones (excluding diaryl/α,β-unsaturated/α-hetero) is 1. The molecule has 1 atom stereocenters. The quantitative estimate of drug-likeness (QED) is 0.432.